The minimum absolute atomic E-state index is 0.556. The van der Waals surface area contributed by atoms with Crippen LogP contribution in [0, 0.1) is 5.92 Å². The number of hydrogen-bond donors (Lipinski definition) is 0. The third kappa shape index (κ3) is 1.82. The van der Waals surface area contributed by atoms with Gasteiger partial charge >= 0.3 is 0 Å². The molecule has 0 saturated heterocycles. The van der Waals surface area contributed by atoms with Crippen LogP contribution in [0.1, 0.15) is 46.0 Å². The first-order valence-electron chi connectivity index (χ1n) is 5.37. The highest BCUT2D eigenvalue weighted by molar-refractivity contribution is 5.99. The van der Waals surface area contributed by atoms with E-state index in [1.807, 2.05) is 6.92 Å². The molecule has 0 bridgehead atoms. The van der Waals surface area contributed by atoms with Crippen molar-refractivity contribution < 1.29 is 0 Å². The summed E-state index contributed by atoms with van der Waals surface area (Å²) in [6.07, 6.45) is 6.67. The molecule has 2 nitrogen and oxygen atoms in total. The normalized spacial score (nSPS) is 34.3. The Balaban J connectivity index is 2.20. The van der Waals surface area contributed by atoms with Gasteiger partial charge in [-0.25, -0.2) is 4.99 Å². The van der Waals surface area contributed by atoms with Gasteiger partial charge < -0.3 is 0 Å². The van der Waals surface area contributed by atoms with E-state index in [0.717, 1.165) is 5.84 Å². The van der Waals surface area contributed by atoms with Gasteiger partial charge in [-0.15, -0.1) is 0 Å². The Morgan fingerprint density at radius 1 is 1.08 bits per heavy atom. The van der Waals surface area contributed by atoms with Crippen LogP contribution in [-0.4, -0.2) is 17.6 Å². The van der Waals surface area contributed by atoms with Crippen molar-refractivity contribution in [1.82, 2.24) is 0 Å². The molecule has 2 atom stereocenters. The number of aliphatic imine (C=N–C) groups is 2. The van der Waals surface area contributed by atoms with Crippen LogP contribution in [0.5, 0.6) is 0 Å². The quantitative estimate of drug-likeness (QED) is 0.545. The third-order valence-electron chi connectivity index (χ3n) is 3.21. The van der Waals surface area contributed by atoms with E-state index in [-0.39, 0.29) is 0 Å². The molecule has 0 aromatic heterocycles. The van der Waals surface area contributed by atoms with E-state index in [4.69, 9.17) is 0 Å². The molecule has 13 heavy (non-hydrogen) atoms. The fourth-order valence-electron chi connectivity index (χ4n) is 2.54. The maximum absolute atomic E-state index is 4.64. The van der Waals surface area contributed by atoms with Crippen LogP contribution < -0.4 is 0 Å². The zero-order chi connectivity index (χ0) is 9.26. The summed E-state index contributed by atoms with van der Waals surface area (Å²) in [5.41, 5.74) is 1.32. The van der Waals surface area contributed by atoms with Crippen molar-refractivity contribution in [2.75, 3.05) is 0 Å². The highest BCUT2D eigenvalue weighted by Crippen LogP contribution is 2.29. The maximum Gasteiger partial charge on any atom is 0.120 e. The van der Waals surface area contributed by atoms with Crippen molar-refractivity contribution in [2.45, 2.75) is 52.0 Å². The van der Waals surface area contributed by atoms with Crippen LogP contribution in [-0.2, 0) is 0 Å². The van der Waals surface area contributed by atoms with Crippen molar-refractivity contribution in [1.29, 1.82) is 0 Å². The highest BCUT2D eigenvalue weighted by atomic mass is 15.0. The van der Waals surface area contributed by atoms with Gasteiger partial charge in [0.15, 0.2) is 0 Å². The lowest BCUT2D eigenvalue weighted by Crippen LogP contribution is -2.29. The zero-order valence-corrected chi connectivity index (χ0v) is 8.58. The average Bonchev–Trinajstić information content (AvgIpc) is 2.28. The maximum atomic E-state index is 4.64. The Morgan fingerprint density at radius 2 is 1.85 bits per heavy atom. The molecule has 2 aliphatic rings. The summed E-state index contributed by atoms with van der Waals surface area (Å²) in [6.45, 7) is 4.19. The monoisotopic (exact) mass is 178 g/mol. The molecule has 0 radical (unpaired) electrons. The lowest BCUT2D eigenvalue weighted by molar-refractivity contribution is 0.496. The van der Waals surface area contributed by atoms with Crippen LogP contribution in [0.25, 0.3) is 0 Å². The summed E-state index contributed by atoms with van der Waals surface area (Å²) in [5, 5.41) is 0. The lowest BCUT2D eigenvalue weighted by Gasteiger charge is -2.25. The second-order valence-electron chi connectivity index (χ2n) is 4.24. The first-order valence-corrected chi connectivity index (χ1v) is 5.37. The topological polar surface area (TPSA) is 24.7 Å². The molecule has 0 spiro atoms. The van der Waals surface area contributed by atoms with Gasteiger partial charge in [0.05, 0.1) is 6.04 Å². The van der Waals surface area contributed by atoms with E-state index in [0.29, 0.717) is 12.0 Å². The van der Waals surface area contributed by atoms with Gasteiger partial charge in [-0.2, -0.15) is 0 Å². The van der Waals surface area contributed by atoms with Gasteiger partial charge in [0.1, 0.15) is 5.84 Å². The summed E-state index contributed by atoms with van der Waals surface area (Å²) in [7, 11) is 0. The minimum Gasteiger partial charge on any atom is -0.267 e. The summed E-state index contributed by atoms with van der Waals surface area (Å²) in [5.74, 6) is 1.65. The predicted octanol–water partition coefficient (Wildman–Crippen LogP) is 2.83. The molecular weight excluding hydrogens is 160 g/mol. The van der Waals surface area contributed by atoms with Gasteiger partial charge in [-0.1, -0.05) is 19.3 Å². The van der Waals surface area contributed by atoms with Crippen molar-refractivity contribution in [3.05, 3.63) is 0 Å². The van der Waals surface area contributed by atoms with E-state index in [1.165, 1.54) is 37.8 Å². The lowest BCUT2D eigenvalue weighted by atomic mass is 9.90. The summed E-state index contributed by atoms with van der Waals surface area (Å²) >= 11 is 0. The Bertz CT molecular complexity index is 253. The molecule has 0 aromatic carbocycles. The van der Waals surface area contributed by atoms with Crippen molar-refractivity contribution in [3.63, 3.8) is 0 Å². The molecule has 1 heterocycles. The second kappa shape index (κ2) is 3.60. The van der Waals surface area contributed by atoms with Crippen molar-refractivity contribution >= 4 is 11.5 Å². The van der Waals surface area contributed by atoms with Crippen LogP contribution in [0.4, 0.5) is 0 Å². The van der Waals surface area contributed by atoms with E-state index < -0.39 is 0 Å². The van der Waals surface area contributed by atoms with Gasteiger partial charge in [-0.05, 0) is 26.7 Å². The predicted molar refractivity (Wildman–Crippen MR) is 56.6 cm³/mol. The van der Waals surface area contributed by atoms with E-state index in [2.05, 4.69) is 16.9 Å². The first-order chi connectivity index (χ1) is 6.27. The Kier molecular flexibility index (Phi) is 2.47. The number of fused-ring (bicyclic) bond motifs is 1. The van der Waals surface area contributed by atoms with Gasteiger partial charge in [0, 0.05) is 11.6 Å². The van der Waals surface area contributed by atoms with Gasteiger partial charge in [0.25, 0.3) is 0 Å². The number of hydrogen-bond acceptors (Lipinski definition) is 2. The van der Waals surface area contributed by atoms with Crippen LogP contribution in [0.15, 0.2) is 9.98 Å². The number of nitrogens with zero attached hydrogens (tertiary/aromatic N) is 2. The summed E-state index contributed by atoms with van der Waals surface area (Å²) in [6, 6.07) is 0.556. The molecule has 0 amide bonds. The summed E-state index contributed by atoms with van der Waals surface area (Å²) < 4.78 is 0. The fourth-order valence-corrected chi connectivity index (χ4v) is 2.54. The highest BCUT2D eigenvalue weighted by Gasteiger charge is 2.27. The van der Waals surface area contributed by atoms with Crippen LogP contribution >= 0.6 is 0 Å². The molecule has 72 valence electrons. The van der Waals surface area contributed by atoms with Crippen molar-refractivity contribution in [2.24, 2.45) is 15.9 Å². The average molecular weight is 178 g/mol. The molecule has 1 fully saturated rings. The molecule has 0 aromatic rings. The molecule has 1 saturated carbocycles. The Hall–Kier alpha value is -0.660. The minimum atomic E-state index is 0.556. The first kappa shape index (κ1) is 8.92. The number of rotatable bonds is 0. The Labute approximate surface area is 80.2 Å². The molecule has 2 rings (SSSR count). The standard InChI is InChI=1S/C11H18N2/c1-8-10-6-4-3-5-7-11(10)13-9(2)12-8/h10-11H,3-7H2,1-2H3. The molecule has 1 aliphatic heterocycles. The van der Waals surface area contributed by atoms with E-state index in [1.54, 1.807) is 0 Å². The SMILES string of the molecule is CC1=NC2CCCCCC2C(C)=N1. The van der Waals surface area contributed by atoms with Crippen LogP contribution in [0.3, 0.4) is 0 Å². The van der Waals surface area contributed by atoms with Gasteiger partial charge in [0.2, 0.25) is 0 Å². The smallest absolute Gasteiger partial charge is 0.120 e. The van der Waals surface area contributed by atoms with E-state index in [9.17, 15) is 0 Å². The van der Waals surface area contributed by atoms with Crippen LogP contribution in [0.2, 0.25) is 0 Å². The van der Waals surface area contributed by atoms with Gasteiger partial charge in [-0.3, -0.25) is 4.99 Å². The van der Waals surface area contributed by atoms with Crippen molar-refractivity contribution in [3.8, 4) is 0 Å². The molecule has 1 aliphatic carbocycles. The largest absolute Gasteiger partial charge is 0.267 e. The molecular formula is C11H18N2. The molecule has 0 N–H and O–H groups in total. The number of amidine groups is 1. The fraction of sp³-hybridized carbons (Fsp3) is 0.818. The second-order valence-corrected chi connectivity index (χ2v) is 4.24. The Morgan fingerprint density at radius 3 is 2.69 bits per heavy atom. The molecule has 2 unspecified atom stereocenters. The summed E-state index contributed by atoms with van der Waals surface area (Å²) in [4.78, 5) is 9.12. The van der Waals surface area contributed by atoms with E-state index >= 15 is 0 Å². The zero-order valence-electron chi connectivity index (χ0n) is 8.58. The third-order valence-corrected chi connectivity index (χ3v) is 3.21. The molecule has 2 heteroatoms.